The summed E-state index contributed by atoms with van der Waals surface area (Å²) in [6.07, 6.45) is 2.28. The van der Waals surface area contributed by atoms with E-state index in [9.17, 15) is 9.59 Å². The van der Waals surface area contributed by atoms with E-state index in [2.05, 4.69) is 24.4 Å². The third kappa shape index (κ3) is 4.33. The summed E-state index contributed by atoms with van der Waals surface area (Å²) in [5, 5.41) is 3.53. The second-order valence-corrected chi connectivity index (χ2v) is 7.54. The predicted molar refractivity (Wildman–Crippen MR) is 112 cm³/mol. The van der Waals surface area contributed by atoms with Crippen molar-refractivity contribution in [1.29, 1.82) is 0 Å². The third-order valence-electron chi connectivity index (χ3n) is 5.31. The van der Waals surface area contributed by atoms with Crippen LogP contribution < -0.4 is 5.32 Å². The Morgan fingerprint density at radius 1 is 1.00 bits per heavy atom. The zero-order chi connectivity index (χ0) is 20.1. The first kappa shape index (κ1) is 19.9. The highest BCUT2D eigenvalue weighted by Gasteiger charge is 2.33. The standard InChI is InChI=1S/C24H28N2O2/c1-17(18-11-6-4-7-12-18)25-22-20(23(27)19-13-8-5-9-14-19)15-10-16-21(22)24(28)26(2)3/h4-9,11-14,17,21,25H,10,15-16H2,1-3H3/t17-,21+/m1/s1. The van der Waals surface area contributed by atoms with E-state index in [4.69, 9.17) is 0 Å². The normalized spacial score (nSPS) is 17.8. The largest absolute Gasteiger partial charge is 0.381 e. The number of carbonyl (C=O) groups is 2. The molecule has 1 aliphatic rings. The molecule has 2 atom stereocenters. The van der Waals surface area contributed by atoms with E-state index < -0.39 is 0 Å². The highest BCUT2D eigenvalue weighted by atomic mass is 16.2. The molecule has 1 amide bonds. The highest BCUT2D eigenvalue weighted by Crippen LogP contribution is 2.33. The second kappa shape index (κ2) is 8.87. The summed E-state index contributed by atoms with van der Waals surface area (Å²) in [5.41, 5.74) is 3.32. The number of allylic oxidation sites excluding steroid dienone is 1. The summed E-state index contributed by atoms with van der Waals surface area (Å²) in [6.45, 7) is 2.07. The average molecular weight is 377 g/mol. The topological polar surface area (TPSA) is 49.4 Å². The van der Waals surface area contributed by atoms with Crippen LogP contribution in [0.25, 0.3) is 0 Å². The average Bonchev–Trinajstić information content (AvgIpc) is 2.74. The van der Waals surface area contributed by atoms with Crippen molar-refractivity contribution < 1.29 is 9.59 Å². The molecule has 0 heterocycles. The Labute approximate surface area is 167 Å². The number of nitrogens with one attached hydrogen (secondary N) is 1. The van der Waals surface area contributed by atoms with Gasteiger partial charge in [0.05, 0.1) is 5.92 Å². The van der Waals surface area contributed by atoms with Gasteiger partial charge in [-0.05, 0) is 31.7 Å². The van der Waals surface area contributed by atoms with Crippen LogP contribution >= 0.6 is 0 Å². The quantitative estimate of drug-likeness (QED) is 0.762. The first-order chi connectivity index (χ1) is 13.5. The van der Waals surface area contributed by atoms with Gasteiger partial charge in [-0.25, -0.2) is 0 Å². The molecule has 0 radical (unpaired) electrons. The summed E-state index contributed by atoms with van der Waals surface area (Å²) in [6, 6.07) is 19.4. The van der Waals surface area contributed by atoms with Crippen LogP contribution in [0.5, 0.6) is 0 Å². The van der Waals surface area contributed by atoms with Gasteiger partial charge in [0.25, 0.3) is 0 Å². The van der Waals surface area contributed by atoms with Gasteiger partial charge in [0.15, 0.2) is 5.78 Å². The van der Waals surface area contributed by atoms with E-state index in [1.54, 1.807) is 19.0 Å². The fourth-order valence-corrected chi connectivity index (χ4v) is 3.78. The van der Waals surface area contributed by atoms with Gasteiger partial charge < -0.3 is 10.2 Å². The molecule has 0 fully saturated rings. The van der Waals surface area contributed by atoms with Crippen LogP contribution in [0.2, 0.25) is 0 Å². The van der Waals surface area contributed by atoms with Gasteiger partial charge in [0, 0.05) is 37.0 Å². The summed E-state index contributed by atoms with van der Waals surface area (Å²) in [5.74, 6) is -0.252. The number of hydrogen-bond donors (Lipinski definition) is 1. The second-order valence-electron chi connectivity index (χ2n) is 7.54. The van der Waals surface area contributed by atoms with Crippen LogP contribution in [-0.2, 0) is 4.79 Å². The summed E-state index contributed by atoms with van der Waals surface area (Å²) in [4.78, 5) is 27.7. The molecule has 4 nitrogen and oxygen atoms in total. The lowest BCUT2D eigenvalue weighted by Crippen LogP contribution is -2.38. The minimum absolute atomic E-state index is 0.00494. The zero-order valence-electron chi connectivity index (χ0n) is 16.8. The molecule has 0 aliphatic heterocycles. The number of ketones is 1. The van der Waals surface area contributed by atoms with Gasteiger partial charge >= 0.3 is 0 Å². The van der Waals surface area contributed by atoms with E-state index >= 15 is 0 Å². The van der Waals surface area contributed by atoms with E-state index in [1.807, 2.05) is 48.5 Å². The monoisotopic (exact) mass is 376 g/mol. The lowest BCUT2D eigenvalue weighted by molar-refractivity contribution is -0.132. The Morgan fingerprint density at radius 2 is 1.61 bits per heavy atom. The molecular formula is C24H28N2O2. The molecule has 0 saturated carbocycles. The molecule has 146 valence electrons. The first-order valence-electron chi connectivity index (χ1n) is 9.84. The van der Waals surface area contributed by atoms with Crippen LogP contribution in [0.3, 0.4) is 0 Å². The SMILES string of the molecule is C[C@@H](NC1=C(C(=O)c2ccccc2)CCC[C@@H]1C(=O)N(C)C)c1ccccc1. The van der Waals surface area contributed by atoms with Crippen molar-refractivity contribution in [2.75, 3.05) is 14.1 Å². The zero-order valence-corrected chi connectivity index (χ0v) is 16.8. The summed E-state index contributed by atoms with van der Waals surface area (Å²) >= 11 is 0. The minimum atomic E-state index is -0.308. The summed E-state index contributed by atoms with van der Waals surface area (Å²) in [7, 11) is 3.54. The van der Waals surface area contributed by atoms with Crippen LogP contribution in [0, 0.1) is 5.92 Å². The predicted octanol–water partition coefficient (Wildman–Crippen LogP) is 4.36. The lowest BCUT2D eigenvalue weighted by Gasteiger charge is -2.32. The van der Waals surface area contributed by atoms with Crippen molar-refractivity contribution in [3.63, 3.8) is 0 Å². The number of hydrogen-bond acceptors (Lipinski definition) is 3. The summed E-state index contributed by atoms with van der Waals surface area (Å²) < 4.78 is 0. The van der Waals surface area contributed by atoms with Gasteiger partial charge in [0.1, 0.15) is 0 Å². The Bertz CT molecular complexity index is 857. The Hall–Kier alpha value is -2.88. The maximum Gasteiger partial charge on any atom is 0.231 e. The van der Waals surface area contributed by atoms with Crippen LogP contribution in [0.15, 0.2) is 71.9 Å². The van der Waals surface area contributed by atoms with Crippen molar-refractivity contribution in [3.05, 3.63) is 83.1 Å². The molecule has 2 aromatic carbocycles. The maximum atomic E-state index is 13.2. The number of amides is 1. The van der Waals surface area contributed by atoms with Crippen molar-refractivity contribution in [2.24, 2.45) is 5.92 Å². The molecule has 0 bridgehead atoms. The molecule has 0 unspecified atom stereocenters. The van der Waals surface area contributed by atoms with E-state index in [0.717, 1.165) is 29.7 Å². The number of nitrogens with zero attached hydrogens (tertiary/aromatic N) is 1. The molecule has 1 aliphatic carbocycles. The van der Waals surface area contributed by atoms with Crippen molar-refractivity contribution >= 4 is 11.7 Å². The van der Waals surface area contributed by atoms with Gasteiger partial charge in [-0.2, -0.15) is 0 Å². The van der Waals surface area contributed by atoms with Crippen molar-refractivity contribution in [2.45, 2.75) is 32.2 Å². The van der Waals surface area contributed by atoms with E-state index in [0.29, 0.717) is 12.0 Å². The maximum absolute atomic E-state index is 13.2. The molecule has 0 aromatic heterocycles. The van der Waals surface area contributed by atoms with Crippen molar-refractivity contribution in [3.8, 4) is 0 Å². The van der Waals surface area contributed by atoms with Gasteiger partial charge in [-0.3, -0.25) is 9.59 Å². The number of rotatable bonds is 6. The fraction of sp³-hybridized carbons (Fsp3) is 0.333. The lowest BCUT2D eigenvalue weighted by atomic mass is 9.82. The number of benzene rings is 2. The number of Topliss-reactive ketones (excluding diaryl/α,β-unsaturated/α-hetero) is 1. The van der Waals surface area contributed by atoms with Crippen LogP contribution in [-0.4, -0.2) is 30.7 Å². The molecular weight excluding hydrogens is 348 g/mol. The van der Waals surface area contributed by atoms with Gasteiger partial charge in [-0.1, -0.05) is 60.7 Å². The van der Waals surface area contributed by atoms with Gasteiger partial charge in [0.2, 0.25) is 5.91 Å². The molecule has 3 rings (SSSR count). The third-order valence-corrected chi connectivity index (χ3v) is 5.31. The number of carbonyl (C=O) groups excluding carboxylic acids is 2. The first-order valence-corrected chi connectivity index (χ1v) is 9.84. The molecule has 2 aromatic rings. The fourth-order valence-electron chi connectivity index (χ4n) is 3.78. The van der Waals surface area contributed by atoms with Gasteiger partial charge in [-0.15, -0.1) is 0 Å². The Morgan fingerprint density at radius 3 is 2.21 bits per heavy atom. The molecule has 1 N–H and O–H groups in total. The van der Waals surface area contributed by atoms with Crippen molar-refractivity contribution in [1.82, 2.24) is 10.2 Å². The Kier molecular flexibility index (Phi) is 6.30. The van der Waals surface area contributed by atoms with Crippen LogP contribution in [0.1, 0.15) is 48.1 Å². The molecule has 0 spiro atoms. The molecule has 28 heavy (non-hydrogen) atoms. The minimum Gasteiger partial charge on any atom is -0.381 e. The smallest absolute Gasteiger partial charge is 0.231 e. The molecule has 4 heteroatoms. The van der Waals surface area contributed by atoms with E-state index in [-0.39, 0.29) is 23.7 Å². The van der Waals surface area contributed by atoms with E-state index in [1.165, 1.54) is 0 Å². The van der Waals surface area contributed by atoms with Crippen LogP contribution in [0.4, 0.5) is 0 Å². The molecule has 0 saturated heterocycles. The Balaban J connectivity index is 2.01. The highest BCUT2D eigenvalue weighted by molar-refractivity contribution is 6.09.